The Balaban J connectivity index is 3.09. The summed E-state index contributed by atoms with van der Waals surface area (Å²) >= 11 is 0. The number of carboxylic acids is 1. The Kier molecular flexibility index (Phi) is 2.80. The van der Waals surface area contributed by atoms with Crippen molar-refractivity contribution in [1.82, 2.24) is 4.90 Å². The van der Waals surface area contributed by atoms with Gasteiger partial charge in [0.2, 0.25) is 0 Å². The molecule has 1 amide bonds. The molecule has 1 heterocycles. The van der Waals surface area contributed by atoms with Gasteiger partial charge in [-0.1, -0.05) is 0 Å². The molecule has 0 aromatic carbocycles. The lowest BCUT2D eigenvalue weighted by atomic mass is 10.1. The number of methoxy groups -OCH3 is 1. The van der Waals surface area contributed by atoms with Crippen LogP contribution in [0.2, 0.25) is 0 Å². The largest absolute Gasteiger partial charge is 0.480 e. The van der Waals surface area contributed by atoms with Crippen LogP contribution in [0.3, 0.4) is 0 Å². The highest BCUT2D eigenvalue weighted by molar-refractivity contribution is 5.81. The quantitative estimate of drug-likeness (QED) is 0.695. The van der Waals surface area contributed by atoms with E-state index >= 15 is 0 Å². The zero-order valence-corrected chi connectivity index (χ0v) is 7.68. The SMILES string of the molecule is CO[C@]1(F)[C@H](F)CN(C(=O)O)[C@@H]1C(=O)O. The number of carbonyl (C=O) groups is 2. The highest BCUT2D eigenvalue weighted by atomic mass is 19.2. The van der Waals surface area contributed by atoms with Crippen LogP contribution in [0.25, 0.3) is 0 Å². The lowest BCUT2D eigenvalue weighted by Crippen LogP contribution is -2.52. The number of hydrogen-bond donors (Lipinski definition) is 2. The van der Waals surface area contributed by atoms with Crippen LogP contribution in [-0.4, -0.2) is 58.9 Å². The van der Waals surface area contributed by atoms with Gasteiger partial charge < -0.3 is 14.9 Å². The van der Waals surface area contributed by atoms with E-state index in [1.54, 1.807) is 0 Å². The lowest BCUT2D eigenvalue weighted by Gasteiger charge is -2.25. The third-order valence-corrected chi connectivity index (χ3v) is 2.26. The maximum atomic E-state index is 13.7. The van der Waals surface area contributed by atoms with E-state index in [2.05, 4.69) is 4.74 Å². The molecular formula is C7H9F2NO5. The van der Waals surface area contributed by atoms with E-state index < -0.39 is 36.7 Å². The molecule has 3 atom stereocenters. The summed E-state index contributed by atoms with van der Waals surface area (Å²) in [6, 6.07) is -2.19. The summed E-state index contributed by atoms with van der Waals surface area (Å²) in [4.78, 5) is 21.3. The van der Waals surface area contributed by atoms with Gasteiger partial charge in [0.15, 0.2) is 12.2 Å². The minimum Gasteiger partial charge on any atom is -0.480 e. The maximum absolute atomic E-state index is 13.7. The number of aliphatic carboxylic acids is 1. The van der Waals surface area contributed by atoms with Gasteiger partial charge in [0.1, 0.15) is 0 Å². The molecule has 0 bridgehead atoms. The molecule has 1 rings (SSSR count). The van der Waals surface area contributed by atoms with Gasteiger partial charge >= 0.3 is 12.1 Å². The molecule has 0 unspecified atom stereocenters. The van der Waals surface area contributed by atoms with Crippen molar-refractivity contribution in [3.63, 3.8) is 0 Å². The summed E-state index contributed by atoms with van der Waals surface area (Å²) in [5, 5.41) is 17.2. The molecule has 0 aromatic rings. The average Bonchev–Trinajstić information content (AvgIpc) is 2.40. The topological polar surface area (TPSA) is 87.1 Å². The van der Waals surface area contributed by atoms with Crippen molar-refractivity contribution >= 4 is 12.1 Å². The Morgan fingerprint density at radius 1 is 1.53 bits per heavy atom. The molecule has 1 saturated heterocycles. The van der Waals surface area contributed by atoms with E-state index in [0.717, 1.165) is 7.11 Å². The van der Waals surface area contributed by atoms with Crippen LogP contribution >= 0.6 is 0 Å². The van der Waals surface area contributed by atoms with Gasteiger partial charge in [-0.3, -0.25) is 4.90 Å². The van der Waals surface area contributed by atoms with Crippen LogP contribution in [0.5, 0.6) is 0 Å². The normalized spacial score (nSPS) is 35.5. The predicted octanol–water partition coefficient (Wildman–Crippen LogP) is 0.0835. The molecule has 0 aliphatic carbocycles. The van der Waals surface area contributed by atoms with Crippen molar-refractivity contribution in [2.24, 2.45) is 0 Å². The fraction of sp³-hybridized carbons (Fsp3) is 0.714. The van der Waals surface area contributed by atoms with Crippen molar-refractivity contribution in [2.75, 3.05) is 13.7 Å². The van der Waals surface area contributed by atoms with Gasteiger partial charge in [-0.15, -0.1) is 0 Å². The number of amides is 1. The number of likely N-dealkylation sites (tertiary alicyclic amines) is 1. The van der Waals surface area contributed by atoms with Crippen LogP contribution in [-0.2, 0) is 9.53 Å². The summed E-state index contributed by atoms with van der Waals surface area (Å²) in [6.07, 6.45) is -4.03. The smallest absolute Gasteiger partial charge is 0.408 e. The van der Waals surface area contributed by atoms with Crippen LogP contribution in [0.1, 0.15) is 0 Å². The zero-order chi connectivity index (χ0) is 11.8. The van der Waals surface area contributed by atoms with E-state index in [-0.39, 0.29) is 4.90 Å². The number of alkyl halides is 2. The first-order valence-corrected chi connectivity index (χ1v) is 3.95. The Hall–Kier alpha value is -1.44. The Labute approximate surface area is 83.0 Å². The summed E-state index contributed by atoms with van der Waals surface area (Å²) < 4.78 is 30.9. The maximum Gasteiger partial charge on any atom is 0.408 e. The van der Waals surface area contributed by atoms with Gasteiger partial charge in [-0.25, -0.2) is 18.4 Å². The average molecular weight is 225 g/mol. The predicted molar refractivity (Wildman–Crippen MR) is 41.9 cm³/mol. The van der Waals surface area contributed by atoms with Crippen molar-refractivity contribution in [1.29, 1.82) is 0 Å². The summed E-state index contributed by atoms with van der Waals surface area (Å²) in [6.45, 7) is -0.864. The molecule has 0 radical (unpaired) electrons. The first kappa shape index (κ1) is 11.6. The Morgan fingerprint density at radius 3 is 2.40 bits per heavy atom. The van der Waals surface area contributed by atoms with E-state index in [9.17, 15) is 18.4 Å². The van der Waals surface area contributed by atoms with Gasteiger partial charge in [0.05, 0.1) is 6.54 Å². The standard InChI is InChI=1S/C7H9F2NO5/c1-15-7(9)3(8)2-10(6(13)14)4(7)5(11)12/h3-4H,2H2,1H3,(H,11,12)(H,13,14)/t3-,4-,7-/m1/s1. The van der Waals surface area contributed by atoms with E-state index in [0.29, 0.717) is 0 Å². The van der Waals surface area contributed by atoms with Gasteiger partial charge in [-0.2, -0.15) is 0 Å². The molecule has 6 nitrogen and oxygen atoms in total. The number of halogens is 2. The third-order valence-electron chi connectivity index (χ3n) is 2.26. The van der Waals surface area contributed by atoms with Crippen molar-refractivity contribution in [2.45, 2.75) is 18.1 Å². The number of rotatable bonds is 2. The van der Waals surface area contributed by atoms with Crippen LogP contribution < -0.4 is 0 Å². The van der Waals surface area contributed by atoms with Gasteiger partial charge in [-0.05, 0) is 0 Å². The first-order chi connectivity index (χ1) is 6.84. The van der Waals surface area contributed by atoms with Crippen molar-refractivity contribution in [3.05, 3.63) is 0 Å². The molecule has 15 heavy (non-hydrogen) atoms. The number of ether oxygens (including phenoxy) is 1. The fourth-order valence-electron chi connectivity index (χ4n) is 1.52. The summed E-state index contributed by atoms with van der Waals surface area (Å²) in [5.74, 6) is -4.92. The molecule has 2 N–H and O–H groups in total. The minimum atomic E-state index is -3.13. The van der Waals surface area contributed by atoms with Crippen LogP contribution in [0, 0.1) is 0 Å². The highest BCUT2D eigenvalue weighted by Gasteiger charge is 2.62. The number of nitrogens with zero attached hydrogens (tertiary/aromatic N) is 1. The highest BCUT2D eigenvalue weighted by Crippen LogP contribution is 2.35. The lowest BCUT2D eigenvalue weighted by molar-refractivity contribution is -0.185. The molecule has 1 fully saturated rings. The van der Waals surface area contributed by atoms with Gasteiger partial charge in [0, 0.05) is 7.11 Å². The van der Waals surface area contributed by atoms with Crippen LogP contribution in [0.4, 0.5) is 13.6 Å². The fourth-order valence-corrected chi connectivity index (χ4v) is 1.52. The Bertz CT molecular complexity index is 299. The number of carboxylic acid groups (broad SMARTS) is 2. The van der Waals surface area contributed by atoms with Crippen molar-refractivity contribution < 1.29 is 33.3 Å². The van der Waals surface area contributed by atoms with E-state index in [1.807, 2.05) is 0 Å². The van der Waals surface area contributed by atoms with E-state index in [1.165, 1.54) is 0 Å². The minimum absolute atomic E-state index is 0.163. The first-order valence-electron chi connectivity index (χ1n) is 3.95. The second-order valence-electron chi connectivity index (χ2n) is 3.05. The second kappa shape index (κ2) is 3.61. The molecule has 0 aromatic heterocycles. The van der Waals surface area contributed by atoms with Gasteiger partial charge in [0.25, 0.3) is 5.85 Å². The molecular weight excluding hydrogens is 216 g/mol. The second-order valence-corrected chi connectivity index (χ2v) is 3.05. The molecule has 8 heteroatoms. The van der Waals surface area contributed by atoms with Crippen LogP contribution in [0.15, 0.2) is 0 Å². The molecule has 1 aliphatic heterocycles. The number of hydrogen-bond acceptors (Lipinski definition) is 3. The molecule has 0 saturated carbocycles. The monoisotopic (exact) mass is 225 g/mol. The van der Waals surface area contributed by atoms with E-state index in [4.69, 9.17) is 10.2 Å². The molecule has 86 valence electrons. The summed E-state index contributed by atoms with van der Waals surface area (Å²) in [7, 11) is 0.786. The summed E-state index contributed by atoms with van der Waals surface area (Å²) in [5.41, 5.74) is 0. The molecule has 0 spiro atoms. The third kappa shape index (κ3) is 1.60. The zero-order valence-electron chi connectivity index (χ0n) is 7.68. The van der Waals surface area contributed by atoms with Crippen molar-refractivity contribution in [3.8, 4) is 0 Å². The Morgan fingerprint density at radius 2 is 2.07 bits per heavy atom. The molecule has 1 aliphatic rings.